The standard InChI is InChI=1S/C26H25NO/c1-18-12-23(26(2,3)4)16-24(13-18)28-25-15-22-14-20(10-11-21(22)17-27-25)19-8-6-5-7-9-19/h5-17H,1-4H3. The van der Waals surface area contributed by atoms with Crippen molar-refractivity contribution >= 4 is 10.8 Å². The smallest absolute Gasteiger partial charge is 0.219 e. The number of fused-ring (bicyclic) bond motifs is 1. The molecule has 0 saturated carbocycles. The predicted molar refractivity (Wildman–Crippen MR) is 117 cm³/mol. The number of ether oxygens (including phenoxy) is 1. The third-order valence-electron chi connectivity index (χ3n) is 4.94. The van der Waals surface area contributed by atoms with Crippen LogP contribution in [0.4, 0.5) is 0 Å². The van der Waals surface area contributed by atoms with Crippen LogP contribution < -0.4 is 4.74 Å². The van der Waals surface area contributed by atoms with Gasteiger partial charge in [-0.15, -0.1) is 0 Å². The summed E-state index contributed by atoms with van der Waals surface area (Å²) >= 11 is 0. The fourth-order valence-electron chi connectivity index (χ4n) is 3.35. The largest absolute Gasteiger partial charge is 0.439 e. The second-order valence-electron chi connectivity index (χ2n) is 8.34. The molecule has 0 unspecified atom stereocenters. The van der Waals surface area contributed by atoms with Crippen molar-refractivity contribution < 1.29 is 4.74 Å². The lowest BCUT2D eigenvalue weighted by atomic mass is 9.86. The van der Waals surface area contributed by atoms with Gasteiger partial charge in [0.05, 0.1) is 0 Å². The van der Waals surface area contributed by atoms with Crippen LogP contribution in [0.15, 0.2) is 79.0 Å². The van der Waals surface area contributed by atoms with Gasteiger partial charge in [0, 0.05) is 17.6 Å². The van der Waals surface area contributed by atoms with Crippen molar-refractivity contribution in [2.24, 2.45) is 0 Å². The zero-order valence-electron chi connectivity index (χ0n) is 16.9. The molecule has 140 valence electrons. The van der Waals surface area contributed by atoms with Crippen LogP contribution >= 0.6 is 0 Å². The Labute approximate surface area is 166 Å². The van der Waals surface area contributed by atoms with Gasteiger partial charge in [0.25, 0.3) is 0 Å². The molecule has 1 heterocycles. The molecule has 2 nitrogen and oxygen atoms in total. The third kappa shape index (κ3) is 3.91. The Morgan fingerprint density at radius 3 is 2.29 bits per heavy atom. The summed E-state index contributed by atoms with van der Waals surface area (Å²) in [5.41, 5.74) is 4.92. The molecule has 0 aliphatic carbocycles. The predicted octanol–water partition coefficient (Wildman–Crippen LogP) is 7.30. The summed E-state index contributed by atoms with van der Waals surface area (Å²) in [7, 11) is 0. The minimum atomic E-state index is 0.0749. The Morgan fingerprint density at radius 2 is 1.54 bits per heavy atom. The number of hydrogen-bond donors (Lipinski definition) is 0. The van der Waals surface area contributed by atoms with Crippen molar-refractivity contribution in [1.82, 2.24) is 4.98 Å². The monoisotopic (exact) mass is 367 g/mol. The van der Waals surface area contributed by atoms with Crippen LogP contribution in [0.1, 0.15) is 31.9 Å². The Bertz CT molecular complexity index is 1120. The van der Waals surface area contributed by atoms with Crippen LogP contribution in [0.3, 0.4) is 0 Å². The Balaban J connectivity index is 1.69. The summed E-state index contributed by atoms with van der Waals surface area (Å²) in [6.07, 6.45) is 1.87. The van der Waals surface area contributed by atoms with Gasteiger partial charge in [-0.2, -0.15) is 0 Å². The van der Waals surface area contributed by atoms with Crippen LogP contribution in [0, 0.1) is 6.92 Å². The molecule has 0 radical (unpaired) electrons. The average molecular weight is 367 g/mol. The number of rotatable bonds is 3. The van der Waals surface area contributed by atoms with Gasteiger partial charge in [-0.1, -0.05) is 69.3 Å². The summed E-state index contributed by atoms with van der Waals surface area (Å²) in [5, 5.41) is 2.22. The highest BCUT2D eigenvalue weighted by Crippen LogP contribution is 2.31. The number of benzene rings is 3. The highest BCUT2D eigenvalue weighted by atomic mass is 16.5. The average Bonchev–Trinajstić information content (AvgIpc) is 2.67. The molecule has 4 rings (SSSR count). The van der Waals surface area contributed by atoms with Gasteiger partial charge >= 0.3 is 0 Å². The lowest BCUT2D eigenvalue weighted by molar-refractivity contribution is 0.460. The maximum Gasteiger partial charge on any atom is 0.219 e. The van der Waals surface area contributed by atoms with E-state index in [0.717, 1.165) is 16.5 Å². The SMILES string of the molecule is Cc1cc(Oc2cc3cc(-c4ccccc4)ccc3cn2)cc(C(C)(C)C)c1. The Morgan fingerprint density at radius 1 is 0.750 bits per heavy atom. The number of pyridine rings is 1. The molecule has 0 fully saturated rings. The van der Waals surface area contributed by atoms with Gasteiger partial charge in [-0.05, 0) is 58.2 Å². The summed E-state index contributed by atoms with van der Waals surface area (Å²) < 4.78 is 6.14. The van der Waals surface area contributed by atoms with E-state index in [4.69, 9.17) is 4.74 Å². The molecule has 3 aromatic carbocycles. The first-order chi connectivity index (χ1) is 13.4. The molecular weight excluding hydrogens is 342 g/mol. The highest BCUT2D eigenvalue weighted by Gasteiger charge is 2.15. The van der Waals surface area contributed by atoms with E-state index in [-0.39, 0.29) is 5.41 Å². The third-order valence-corrected chi connectivity index (χ3v) is 4.94. The second kappa shape index (κ2) is 7.12. The van der Waals surface area contributed by atoms with E-state index < -0.39 is 0 Å². The lowest BCUT2D eigenvalue weighted by Gasteiger charge is -2.20. The van der Waals surface area contributed by atoms with Crippen molar-refractivity contribution in [3.8, 4) is 22.8 Å². The molecular formula is C26H25NO. The second-order valence-corrected chi connectivity index (χ2v) is 8.34. The molecule has 4 aromatic rings. The summed E-state index contributed by atoms with van der Waals surface area (Å²) in [5.74, 6) is 1.44. The van der Waals surface area contributed by atoms with E-state index in [9.17, 15) is 0 Å². The first kappa shape index (κ1) is 18.2. The molecule has 0 amide bonds. The molecule has 0 aliphatic heterocycles. The molecule has 0 bridgehead atoms. The van der Waals surface area contributed by atoms with Crippen LogP contribution in [-0.4, -0.2) is 4.98 Å². The minimum absolute atomic E-state index is 0.0749. The summed E-state index contributed by atoms with van der Waals surface area (Å²) in [6.45, 7) is 8.74. The van der Waals surface area contributed by atoms with E-state index in [1.807, 2.05) is 18.3 Å². The number of hydrogen-bond acceptors (Lipinski definition) is 2. The van der Waals surface area contributed by atoms with Gasteiger partial charge in [-0.3, -0.25) is 0 Å². The highest BCUT2D eigenvalue weighted by molar-refractivity contribution is 5.87. The van der Waals surface area contributed by atoms with Gasteiger partial charge in [-0.25, -0.2) is 4.98 Å². The topological polar surface area (TPSA) is 22.1 Å². The molecule has 2 heteroatoms. The normalized spacial score (nSPS) is 11.6. The molecule has 0 saturated heterocycles. The van der Waals surface area contributed by atoms with E-state index in [1.54, 1.807) is 0 Å². The number of aromatic nitrogens is 1. The molecule has 28 heavy (non-hydrogen) atoms. The Kier molecular flexibility index (Phi) is 4.64. The van der Waals surface area contributed by atoms with E-state index >= 15 is 0 Å². The molecule has 0 atom stereocenters. The first-order valence-electron chi connectivity index (χ1n) is 9.64. The van der Waals surface area contributed by atoms with E-state index in [1.165, 1.54) is 22.3 Å². The van der Waals surface area contributed by atoms with Crippen molar-refractivity contribution in [1.29, 1.82) is 0 Å². The van der Waals surface area contributed by atoms with Crippen LogP contribution in [0.25, 0.3) is 21.9 Å². The molecule has 0 N–H and O–H groups in total. The fraction of sp³-hybridized carbons (Fsp3) is 0.192. The molecule has 0 aliphatic rings. The van der Waals surface area contributed by atoms with Crippen molar-refractivity contribution in [3.63, 3.8) is 0 Å². The Hall–Kier alpha value is -3.13. The number of nitrogens with zero attached hydrogens (tertiary/aromatic N) is 1. The van der Waals surface area contributed by atoms with Crippen molar-refractivity contribution in [2.75, 3.05) is 0 Å². The van der Waals surface area contributed by atoms with Gasteiger partial charge in [0.1, 0.15) is 5.75 Å². The van der Waals surface area contributed by atoms with Gasteiger partial charge in [0.2, 0.25) is 5.88 Å². The van der Waals surface area contributed by atoms with Gasteiger partial charge in [0.15, 0.2) is 0 Å². The lowest BCUT2D eigenvalue weighted by Crippen LogP contribution is -2.11. The van der Waals surface area contributed by atoms with Crippen LogP contribution in [-0.2, 0) is 5.41 Å². The van der Waals surface area contributed by atoms with Crippen LogP contribution in [0.5, 0.6) is 11.6 Å². The summed E-state index contributed by atoms with van der Waals surface area (Å²) in [4.78, 5) is 4.50. The first-order valence-corrected chi connectivity index (χ1v) is 9.64. The quantitative estimate of drug-likeness (QED) is 0.379. The van der Waals surface area contributed by atoms with E-state index in [2.05, 4.69) is 93.3 Å². The van der Waals surface area contributed by atoms with E-state index in [0.29, 0.717) is 5.88 Å². The van der Waals surface area contributed by atoms with Crippen molar-refractivity contribution in [3.05, 3.63) is 90.1 Å². The van der Waals surface area contributed by atoms with Crippen molar-refractivity contribution in [2.45, 2.75) is 33.1 Å². The fourth-order valence-corrected chi connectivity index (χ4v) is 3.35. The molecule has 0 spiro atoms. The number of aryl methyl sites for hydroxylation is 1. The molecule has 1 aromatic heterocycles. The maximum atomic E-state index is 6.14. The van der Waals surface area contributed by atoms with Crippen LogP contribution in [0.2, 0.25) is 0 Å². The zero-order valence-corrected chi connectivity index (χ0v) is 16.9. The zero-order chi connectivity index (χ0) is 19.7. The summed E-state index contributed by atoms with van der Waals surface area (Å²) in [6, 6.07) is 25.2. The minimum Gasteiger partial charge on any atom is -0.439 e. The van der Waals surface area contributed by atoms with Gasteiger partial charge < -0.3 is 4.74 Å². The maximum absolute atomic E-state index is 6.14.